The number of methoxy groups -OCH3 is 1. The largest absolute Gasteiger partial charge is 0.496 e. The number of rotatable bonds is 4. The van der Waals surface area contributed by atoms with E-state index in [1.54, 1.807) is 7.11 Å². The zero-order valence-electron chi connectivity index (χ0n) is 13.8. The van der Waals surface area contributed by atoms with Gasteiger partial charge < -0.3 is 14.5 Å². The molecule has 2 saturated heterocycles. The van der Waals surface area contributed by atoms with Crippen LogP contribution in [0, 0.1) is 5.92 Å². The minimum atomic E-state index is -0.308. The minimum Gasteiger partial charge on any atom is -0.496 e. The van der Waals surface area contributed by atoms with Crippen molar-refractivity contribution in [3.8, 4) is 5.75 Å². The molecule has 2 fully saturated rings. The maximum absolute atomic E-state index is 12.9. The number of ether oxygens (including phenoxy) is 1. The summed E-state index contributed by atoms with van der Waals surface area (Å²) in [6, 6.07) is 7.48. The quantitative estimate of drug-likeness (QED) is 0.856. The summed E-state index contributed by atoms with van der Waals surface area (Å²) in [4.78, 5) is 29.1. The zero-order chi connectivity index (χ0) is 16.4. The van der Waals surface area contributed by atoms with E-state index in [9.17, 15) is 9.59 Å². The Morgan fingerprint density at radius 2 is 1.96 bits per heavy atom. The molecule has 5 nitrogen and oxygen atoms in total. The van der Waals surface area contributed by atoms with Crippen LogP contribution in [0.15, 0.2) is 24.3 Å². The van der Waals surface area contributed by atoms with E-state index in [4.69, 9.17) is 4.74 Å². The first kappa shape index (κ1) is 15.8. The van der Waals surface area contributed by atoms with Gasteiger partial charge in [0.1, 0.15) is 5.75 Å². The molecule has 23 heavy (non-hydrogen) atoms. The van der Waals surface area contributed by atoms with Crippen molar-refractivity contribution in [2.45, 2.75) is 32.2 Å². The van der Waals surface area contributed by atoms with Crippen molar-refractivity contribution in [3.05, 3.63) is 29.8 Å². The van der Waals surface area contributed by atoms with E-state index in [1.165, 1.54) is 0 Å². The Morgan fingerprint density at radius 3 is 2.61 bits per heavy atom. The van der Waals surface area contributed by atoms with Crippen LogP contribution in [0.2, 0.25) is 0 Å². The lowest BCUT2D eigenvalue weighted by Crippen LogP contribution is -2.37. The van der Waals surface area contributed by atoms with E-state index in [-0.39, 0.29) is 23.8 Å². The predicted octanol–water partition coefficient (Wildman–Crippen LogP) is 2.23. The molecule has 5 heteroatoms. The van der Waals surface area contributed by atoms with Gasteiger partial charge in [-0.25, -0.2) is 0 Å². The van der Waals surface area contributed by atoms with Gasteiger partial charge in [0.05, 0.1) is 19.1 Å². The van der Waals surface area contributed by atoms with Gasteiger partial charge in [0, 0.05) is 31.6 Å². The molecule has 0 bridgehead atoms. The van der Waals surface area contributed by atoms with Gasteiger partial charge in [-0.2, -0.15) is 0 Å². The van der Waals surface area contributed by atoms with Crippen LogP contribution in [0.5, 0.6) is 5.75 Å². The molecule has 0 N–H and O–H groups in total. The van der Waals surface area contributed by atoms with Gasteiger partial charge in [0.15, 0.2) is 0 Å². The van der Waals surface area contributed by atoms with E-state index in [2.05, 4.69) is 0 Å². The van der Waals surface area contributed by atoms with Crippen LogP contribution in [-0.4, -0.2) is 48.4 Å². The van der Waals surface area contributed by atoms with Crippen LogP contribution < -0.4 is 4.74 Å². The Morgan fingerprint density at radius 1 is 1.26 bits per heavy atom. The molecule has 2 heterocycles. The Hall–Kier alpha value is -2.04. The van der Waals surface area contributed by atoms with Gasteiger partial charge in [0.2, 0.25) is 11.8 Å². The number of benzene rings is 1. The van der Waals surface area contributed by atoms with Gasteiger partial charge in [-0.15, -0.1) is 0 Å². The van der Waals surface area contributed by atoms with Crippen LogP contribution in [0.3, 0.4) is 0 Å². The van der Waals surface area contributed by atoms with Crippen molar-refractivity contribution in [2.75, 3.05) is 26.7 Å². The van der Waals surface area contributed by atoms with E-state index >= 15 is 0 Å². The number of nitrogens with zero attached hydrogens (tertiary/aromatic N) is 2. The normalized spacial score (nSPS) is 24.3. The van der Waals surface area contributed by atoms with Gasteiger partial charge in [-0.1, -0.05) is 18.2 Å². The second-order valence-corrected chi connectivity index (χ2v) is 6.21. The van der Waals surface area contributed by atoms with Crippen molar-refractivity contribution in [3.63, 3.8) is 0 Å². The minimum absolute atomic E-state index is 0.0564. The first-order valence-corrected chi connectivity index (χ1v) is 8.38. The number of carbonyl (C=O) groups is 2. The molecular formula is C18H24N2O3. The number of hydrogen-bond donors (Lipinski definition) is 0. The highest BCUT2D eigenvalue weighted by atomic mass is 16.5. The van der Waals surface area contributed by atoms with Gasteiger partial charge in [0.25, 0.3) is 0 Å². The fourth-order valence-electron chi connectivity index (χ4n) is 3.85. The van der Waals surface area contributed by atoms with E-state index < -0.39 is 0 Å². The van der Waals surface area contributed by atoms with E-state index in [0.29, 0.717) is 13.0 Å². The smallest absolute Gasteiger partial charge is 0.228 e. The standard InChI is InChI=1S/C18H24N2O3/c1-3-20-16(21)12-14(18(22)19-10-6-7-11-19)17(20)13-8-4-5-9-15(13)23-2/h4-5,8-9,14,17H,3,6-7,10-12H2,1-2H3/t14-,17+/m1/s1. The Labute approximate surface area is 137 Å². The lowest BCUT2D eigenvalue weighted by molar-refractivity contribution is -0.135. The summed E-state index contributed by atoms with van der Waals surface area (Å²) in [5, 5.41) is 0. The molecule has 2 atom stereocenters. The molecular weight excluding hydrogens is 292 g/mol. The highest BCUT2D eigenvalue weighted by Crippen LogP contribution is 2.42. The van der Waals surface area contributed by atoms with Crippen LogP contribution in [0.4, 0.5) is 0 Å². The average molecular weight is 316 g/mol. The topological polar surface area (TPSA) is 49.9 Å². The first-order chi connectivity index (χ1) is 11.2. The van der Waals surface area contributed by atoms with Crippen LogP contribution in [0.25, 0.3) is 0 Å². The number of para-hydroxylation sites is 1. The van der Waals surface area contributed by atoms with Crippen molar-refractivity contribution >= 4 is 11.8 Å². The first-order valence-electron chi connectivity index (χ1n) is 8.38. The monoisotopic (exact) mass is 316 g/mol. The third kappa shape index (κ3) is 2.80. The zero-order valence-corrected chi connectivity index (χ0v) is 13.8. The lowest BCUT2D eigenvalue weighted by atomic mass is 9.91. The Balaban J connectivity index is 1.97. The van der Waals surface area contributed by atoms with Crippen LogP contribution in [0.1, 0.15) is 37.8 Å². The summed E-state index contributed by atoms with van der Waals surface area (Å²) in [6.07, 6.45) is 2.42. The second kappa shape index (κ2) is 6.60. The molecule has 0 radical (unpaired) electrons. The van der Waals surface area contributed by atoms with Crippen molar-refractivity contribution in [1.82, 2.24) is 9.80 Å². The molecule has 0 saturated carbocycles. The molecule has 124 valence electrons. The summed E-state index contributed by atoms with van der Waals surface area (Å²) in [6.45, 7) is 4.19. The predicted molar refractivity (Wildman–Crippen MR) is 87.0 cm³/mol. The number of amides is 2. The molecule has 2 aliphatic heterocycles. The van der Waals surface area contributed by atoms with Crippen molar-refractivity contribution in [1.29, 1.82) is 0 Å². The Bertz CT molecular complexity index is 596. The average Bonchev–Trinajstić information content (AvgIpc) is 3.21. The molecule has 0 unspecified atom stereocenters. The summed E-state index contributed by atoms with van der Waals surface area (Å²) in [5.74, 6) is 0.602. The molecule has 0 aliphatic carbocycles. The molecule has 3 rings (SSSR count). The molecule has 1 aromatic rings. The fraction of sp³-hybridized carbons (Fsp3) is 0.556. The lowest BCUT2D eigenvalue weighted by Gasteiger charge is -2.30. The van der Waals surface area contributed by atoms with Gasteiger partial charge in [-0.3, -0.25) is 9.59 Å². The number of hydrogen-bond acceptors (Lipinski definition) is 3. The summed E-state index contributed by atoms with van der Waals surface area (Å²) >= 11 is 0. The van der Waals surface area contributed by atoms with E-state index in [1.807, 2.05) is 41.0 Å². The summed E-state index contributed by atoms with van der Waals surface area (Å²) in [7, 11) is 1.63. The third-order valence-corrected chi connectivity index (χ3v) is 4.96. The van der Waals surface area contributed by atoms with Crippen molar-refractivity contribution < 1.29 is 14.3 Å². The van der Waals surface area contributed by atoms with Crippen LogP contribution >= 0.6 is 0 Å². The number of likely N-dealkylation sites (tertiary alicyclic amines) is 2. The fourth-order valence-corrected chi connectivity index (χ4v) is 3.85. The molecule has 2 amide bonds. The highest BCUT2D eigenvalue weighted by molar-refractivity contribution is 5.90. The summed E-state index contributed by atoms with van der Waals surface area (Å²) < 4.78 is 5.48. The van der Waals surface area contributed by atoms with Crippen molar-refractivity contribution in [2.24, 2.45) is 5.92 Å². The molecule has 2 aliphatic rings. The Kier molecular flexibility index (Phi) is 4.55. The molecule has 0 spiro atoms. The van der Waals surface area contributed by atoms with Gasteiger partial charge in [-0.05, 0) is 25.8 Å². The van der Waals surface area contributed by atoms with Crippen LogP contribution in [-0.2, 0) is 9.59 Å². The van der Waals surface area contributed by atoms with Gasteiger partial charge >= 0.3 is 0 Å². The maximum atomic E-state index is 12.9. The summed E-state index contributed by atoms with van der Waals surface area (Å²) in [5.41, 5.74) is 0.931. The molecule has 1 aromatic carbocycles. The second-order valence-electron chi connectivity index (χ2n) is 6.21. The highest BCUT2D eigenvalue weighted by Gasteiger charge is 2.46. The maximum Gasteiger partial charge on any atom is 0.228 e. The third-order valence-electron chi connectivity index (χ3n) is 4.96. The number of carbonyl (C=O) groups excluding carboxylic acids is 2. The van der Waals surface area contributed by atoms with E-state index in [0.717, 1.165) is 37.2 Å². The molecule has 0 aromatic heterocycles. The SMILES string of the molecule is CCN1C(=O)C[C@@H](C(=O)N2CCCC2)[C@@H]1c1ccccc1OC.